The number of aromatic amines is 1. The van der Waals surface area contributed by atoms with Gasteiger partial charge in [-0.25, -0.2) is 13.2 Å². The predicted molar refractivity (Wildman–Crippen MR) is 69.8 cm³/mol. The number of para-hydroxylation sites is 1. The summed E-state index contributed by atoms with van der Waals surface area (Å²) in [6.45, 7) is 0. The highest BCUT2D eigenvalue weighted by atomic mass is 32.2. The van der Waals surface area contributed by atoms with Gasteiger partial charge in [-0.15, -0.1) is 0 Å². The van der Waals surface area contributed by atoms with Crippen molar-refractivity contribution < 1.29 is 18.3 Å². The second kappa shape index (κ2) is 4.77. The average molecular weight is 280 g/mol. The zero-order valence-electron chi connectivity index (χ0n) is 10.1. The first kappa shape index (κ1) is 13.2. The maximum atomic E-state index is 12.3. The number of carboxylic acids is 1. The second-order valence-corrected chi connectivity index (χ2v) is 5.83. The van der Waals surface area contributed by atoms with Crippen LogP contribution in [0, 0.1) is 0 Å². The van der Waals surface area contributed by atoms with E-state index in [9.17, 15) is 13.2 Å². The van der Waals surface area contributed by atoms with Gasteiger partial charge in [-0.3, -0.25) is 4.31 Å². The highest BCUT2D eigenvalue weighted by molar-refractivity contribution is 7.92. The molecule has 0 amide bonds. The molecule has 1 heterocycles. The molecule has 0 aliphatic rings. The Hall–Kier alpha value is -2.28. The van der Waals surface area contributed by atoms with Gasteiger partial charge in [0.25, 0.3) is 10.0 Å². The monoisotopic (exact) mass is 280 g/mol. The number of hydrogen-bond acceptors (Lipinski definition) is 3. The van der Waals surface area contributed by atoms with E-state index in [2.05, 4.69) is 4.98 Å². The van der Waals surface area contributed by atoms with Crippen molar-refractivity contribution >= 4 is 21.7 Å². The molecule has 0 saturated carbocycles. The molecule has 0 radical (unpaired) electrons. The third kappa shape index (κ3) is 2.45. The van der Waals surface area contributed by atoms with Crippen LogP contribution in [-0.2, 0) is 10.0 Å². The summed E-state index contributed by atoms with van der Waals surface area (Å²) in [7, 11) is -2.35. The summed E-state index contributed by atoms with van der Waals surface area (Å²) in [5.74, 6) is -1.20. The van der Waals surface area contributed by atoms with Gasteiger partial charge < -0.3 is 10.1 Å². The van der Waals surface area contributed by atoms with Crippen LogP contribution in [0.5, 0.6) is 0 Å². The zero-order valence-corrected chi connectivity index (χ0v) is 10.9. The van der Waals surface area contributed by atoms with E-state index in [1.165, 1.54) is 7.05 Å². The van der Waals surface area contributed by atoms with E-state index >= 15 is 0 Å². The number of carboxylic acid groups (broad SMARTS) is 1. The fraction of sp³-hybridized carbons (Fsp3) is 0.0833. The van der Waals surface area contributed by atoms with Gasteiger partial charge in [-0.2, -0.15) is 0 Å². The summed E-state index contributed by atoms with van der Waals surface area (Å²) in [5, 5.41) is 8.78. The Balaban J connectivity index is 2.39. The van der Waals surface area contributed by atoms with Crippen molar-refractivity contribution in [3.8, 4) is 0 Å². The highest BCUT2D eigenvalue weighted by Gasteiger charge is 2.23. The molecule has 0 unspecified atom stereocenters. The lowest BCUT2D eigenvalue weighted by molar-refractivity contribution is 0.0691. The number of H-pyrrole nitrogens is 1. The number of rotatable bonds is 4. The Morgan fingerprint density at radius 2 is 1.89 bits per heavy atom. The molecule has 0 aliphatic heterocycles. The largest absolute Gasteiger partial charge is 0.477 e. The summed E-state index contributed by atoms with van der Waals surface area (Å²) in [5.41, 5.74) is 0.334. The van der Waals surface area contributed by atoms with Crippen LogP contribution in [0.25, 0.3) is 0 Å². The standard InChI is InChI=1S/C12H12N2O4S/c1-14(9-5-3-2-4-6-9)19(17,18)10-7-11(12(15)16)13-8-10/h2-8,13H,1H3,(H,15,16). The van der Waals surface area contributed by atoms with Crippen molar-refractivity contribution in [3.63, 3.8) is 0 Å². The summed E-state index contributed by atoms with van der Waals surface area (Å²) in [6, 6.07) is 9.63. The minimum absolute atomic E-state index is 0.0868. The molecule has 0 saturated heterocycles. The summed E-state index contributed by atoms with van der Waals surface area (Å²) >= 11 is 0. The Morgan fingerprint density at radius 1 is 1.26 bits per heavy atom. The Kier molecular flexibility index (Phi) is 3.30. The summed E-state index contributed by atoms with van der Waals surface area (Å²) < 4.78 is 25.7. The lowest BCUT2D eigenvalue weighted by Crippen LogP contribution is -2.26. The van der Waals surface area contributed by atoms with E-state index in [-0.39, 0.29) is 10.6 Å². The number of aromatic carboxylic acids is 1. The predicted octanol–water partition coefficient (Wildman–Crippen LogP) is 1.54. The van der Waals surface area contributed by atoms with Crippen LogP contribution < -0.4 is 4.31 Å². The highest BCUT2D eigenvalue weighted by Crippen LogP contribution is 2.21. The first-order chi connectivity index (χ1) is 8.93. The molecular formula is C12H12N2O4S. The van der Waals surface area contributed by atoms with Gasteiger partial charge in [-0.05, 0) is 18.2 Å². The van der Waals surface area contributed by atoms with Crippen molar-refractivity contribution in [2.24, 2.45) is 0 Å². The number of anilines is 1. The topological polar surface area (TPSA) is 90.5 Å². The van der Waals surface area contributed by atoms with E-state index < -0.39 is 16.0 Å². The van der Waals surface area contributed by atoms with Crippen LogP contribution in [0.1, 0.15) is 10.5 Å². The van der Waals surface area contributed by atoms with E-state index in [1.54, 1.807) is 30.3 Å². The summed E-state index contributed by atoms with van der Waals surface area (Å²) in [4.78, 5) is 13.1. The maximum absolute atomic E-state index is 12.3. The minimum Gasteiger partial charge on any atom is -0.477 e. The first-order valence-electron chi connectivity index (χ1n) is 5.38. The molecule has 6 nitrogen and oxygen atoms in total. The van der Waals surface area contributed by atoms with E-state index in [0.29, 0.717) is 5.69 Å². The van der Waals surface area contributed by atoms with Crippen LogP contribution in [0.4, 0.5) is 5.69 Å². The molecule has 1 aromatic heterocycles. The lowest BCUT2D eigenvalue weighted by atomic mass is 10.3. The first-order valence-corrected chi connectivity index (χ1v) is 6.82. The fourth-order valence-corrected chi connectivity index (χ4v) is 2.77. The van der Waals surface area contributed by atoms with Gasteiger partial charge in [0.15, 0.2) is 0 Å². The van der Waals surface area contributed by atoms with Crippen LogP contribution in [-0.4, -0.2) is 31.5 Å². The quantitative estimate of drug-likeness (QED) is 0.888. The van der Waals surface area contributed by atoms with Crippen molar-refractivity contribution in [2.45, 2.75) is 4.90 Å². The number of aromatic nitrogens is 1. The van der Waals surface area contributed by atoms with Crippen molar-refractivity contribution in [1.82, 2.24) is 4.98 Å². The molecule has 0 atom stereocenters. The van der Waals surface area contributed by atoms with Crippen molar-refractivity contribution in [1.29, 1.82) is 0 Å². The molecule has 7 heteroatoms. The third-order valence-corrected chi connectivity index (χ3v) is 4.43. The molecule has 1 aromatic carbocycles. The number of nitrogens with zero attached hydrogens (tertiary/aromatic N) is 1. The zero-order chi connectivity index (χ0) is 14.0. The van der Waals surface area contributed by atoms with Gasteiger partial charge in [0.2, 0.25) is 0 Å². The second-order valence-electron chi connectivity index (χ2n) is 3.86. The molecule has 0 bridgehead atoms. The van der Waals surface area contributed by atoms with E-state index in [4.69, 9.17) is 5.11 Å². The van der Waals surface area contributed by atoms with Gasteiger partial charge >= 0.3 is 5.97 Å². The van der Waals surface area contributed by atoms with Crippen LogP contribution in [0.15, 0.2) is 47.5 Å². The van der Waals surface area contributed by atoms with Crippen molar-refractivity contribution in [3.05, 3.63) is 48.3 Å². The maximum Gasteiger partial charge on any atom is 0.352 e. The number of nitrogens with one attached hydrogen (secondary N) is 1. The van der Waals surface area contributed by atoms with Crippen LogP contribution in [0.2, 0.25) is 0 Å². The van der Waals surface area contributed by atoms with Crippen LogP contribution >= 0.6 is 0 Å². The van der Waals surface area contributed by atoms with E-state index in [1.807, 2.05) is 0 Å². The summed E-state index contributed by atoms with van der Waals surface area (Å²) in [6.07, 6.45) is 1.16. The normalized spacial score (nSPS) is 11.2. The molecular weight excluding hydrogens is 268 g/mol. The van der Waals surface area contributed by atoms with Crippen molar-refractivity contribution in [2.75, 3.05) is 11.4 Å². The fourth-order valence-electron chi connectivity index (χ4n) is 1.58. The Bertz CT molecular complexity index is 692. The van der Waals surface area contributed by atoms with E-state index in [0.717, 1.165) is 16.6 Å². The number of sulfonamides is 1. The Labute approximate surface area is 110 Å². The van der Waals surface area contributed by atoms with Gasteiger partial charge in [-0.1, -0.05) is 18.2 Å². The SMILES string of the molecule is CN(c1ccccc1)S(=O)(=O)c1c[nH]c(C(=O)O)c1. The number of hydrogen-bond donors (Lipinski definition) is 2. The van der Waals surface area contributed by atoms with Gasteiger partial charge in [0, 0.05) is 13.2 Å². The number of carbonyl (C=O) groups is 1. The van der Waals surface area contributed by atoms with Gasteiger partial charge in [0.1, 0.15) is 10.6 Å². The molecule has 0 spiro atoms. The molecule has 2 N–H and O–H groups in total. The molecule has 100 valence electrons. The molecule has 0 fully saturated rings. The number of benzene rings is 1. The minimum atomic E-state index is -3.77. The average Bonchev–Trinajstić information content (AvgIpc) is 2.89. The van der Waals surface area contributed by atoms with Crippen LogP contribution in [0.3, 0.4) is 0 Å². The molecule has 19 heavy (non-hydrogen) atoms. The smallest absolute Gasteiger partial charge is 0.352 e. The molecule has 2 rings (SSSR count). The lowest BCUT2D eigenvalue weighted by Gasteiger charge is -2.18. The molecule has 0 aliphatic carbocycles. The third-order valence-electron chi connectivity index (χ3n) is 2.67. The molecule has 2 aromatic rings. The van der Waals surface area contributed by atoms with Gasteiger partial charge in [0.05, 0.1) is 5.69 Å². The Morgan fingerprint density at radius 3 is 2.42 bits per heavy atom.